The Hall–Kier alpha value is -2.16. The Morgan fingerprint density at radius 1 is 1.07 bits per heavy atom. The summed E-state index contributed by atoms with van der Waals surface area (Å²) in [7, 11) is 0. The molecule has 0 amide bonds. The molecule has 4 rings (SSSR count). The van der Waals surface area contributed by atoms with E-state index in [1.807, 2.05) is 0 Å². The number of aliphatic hydroxyl groups is 2. The van der Waals surface area contributed by atoms with E-state index in [9.17, 15) is 23.4 Å². The SMILES string of the molecule is OC1C[C@@H]2CN(CC(O)COc3cc(-c4ccncc4)cc(C(F)(F)F)c3)C[C@@H]2C1. The summed E-state index contributed by atoms with van der Waals surface area (Å²) in [4.78, 5) is 6.04. The van der Waals surface area contributed by atoms with Crippen LogP contribution in [0.4, 0.5) is 13.2 Å². The number of pyridine rings is 1. The minimum Gasteiger partial charge on any atom is -0.491 e. The Labute approximate surface area is 173 Å². The van der Waals surface area contributed by atoms with E-state index in [1.165, 1.54) is 12.4 Å². The number of halogens is 3. The van der Waals surface area contributed by atoms with Crippen molar-refractivity contribution in [2.45, 2.75) is 31.2 Å². The summed E-state index contributed by atoms with van der Waals surface area (Å²) in [6.07, 6.45) is -0.892. The van der Waals surface area contributed by atoms with Crippen molar-refractivity contribution in [3.63, 3.8) is 0 Å². The van der Waals surface area contributed by atoms with Crippen LogP contribution in [-0.2, 0) is 6.18 Å². The molecule has 1 saturated carbocycles. The number of hydrogen-bond acceptors (Lipinski definition) is 5. The largest absolute Gasteiger partial charge is 0.491 e. The van der Waals surface area contributed by atoms with Crippen LogP contribution in [0.25, 0.3) is 11.1 Å². The van der Waals surface area contributed by atoms with Crippen molar-refractivity contribution in [2.75, 3.05) is 26.2 Å². The number of hydrogen-bond donors (Lipinski definition) is 2. The van der Waals surface area contributed by atoms with Gasteiger partial charge in [0.2, 0.25) is 0 Å². The minimum atomic E-state index is -4.50. The summed E-state index contributed by atoms with van der Waals surface area (Å²) < 4.78 is 45.5. The lowest BCUT2D eigenvalue weighted by Crippen LogP contribution is -2.35. The van der Waals surface area contributed by atoms with E-state index in [4.69, 9.17) is 4.74 Å². The van der Waals surface area contributed by atoms with E-state index >= 15 is 0 Å². The van der Waals surface area contributed by atoms with Crippen LogP contribution in [0.15, 0.2) is 42.7 Å². The van der Waals surface area contributed by atoms with Crippen LogP contribution in [-0.4, -0.2) is 58.5 Å². The summed E-state index contributed by atoms with van der Waals surface area (Å²) in [6.45, 7) is 1.97. The second-order valence-corrected chi connectivity index (χ2v) is 8.31. The highest BCUT2D eigenvalue weighted by Gasteiger charge is 2.40. The average molecular weight is 422 g/mol. The molecule has 4 atom stereocenters. The molecule has 2 aromatic rings. The number of ether oxygens (including phenoxy) is 1. The van der Waals surface area contributed by atoms with Gasteiger partial charge >= 0.3 is 6.18 Å². The van der Waals surface area contributed by atoms with Gasteiger partial charge in [-0.2, -0.15) is 13.2 Å². The Morgan fingerprint density at radius 2 is 1.73 bits per heavy atom. The van der Waals surface area contributed by atoms with Crippen LogP contribution >= 0.6 is 0 Å². The van der Waals surface area contributed by atoms with Crippen molar-refractivity contribution in [1.82, 2.24) is 9.88 Å². The van der Waals surface area contributed by atoms with Gasteiger partial charge in [0.15, 0.2) is 0 Å². The topological polar surface area (TPSA) is 65.8 Å². The first-order valence-corrected chi connectivity index (χ1v) is 10.1. The van der Waals surface area contributed by atoms with Gasteiger partial charge in [-0.25, -0.2) is 0 Å². The zero-order valence-electron chi connectivity index (χ0n) is 16.4. The quantitative estimate of drug-likeness (QED) is 0.749. The van der Waals surface area contributed by atoms with Crippen molar-refractivity contribution >= 4 is 0 Å². The molecule has 2 N–H and O–H groups in total. The number of aromatic nitrogens is 1. The van der Waals surface area contributed by atoms with E-state index in [0.717, 1.165) is 38.1 Å². The predicted octanol–water partition coefficient (Wildman–Crippen LogP) is 3.21. The van der Waals surface area contributed by atoms with Crippen molar-refractivity contribution in [3.8, 4) is 16.9 Å². The van der Waals surface area contributed by atoms with Gasteiger partial charge in [0, 0.05) is 32.0 Å². The monoisotopic (exact) mass is 422 g/mol. The maximum atomic E-state index is 13.3. The number of alkyl halides is 3. The predicted molar refractivity (Wildman–Crippen MR) is 105 cm³/mol. The number of nitrogens with zero attached hydrogens (tertiary/aromatic N) is 2. The Bertz CT molecular complexity index is 848. The van der Waals surface area contributed by atoms with Gasteiger partial charge in [-0.05, 0) is 66.1 Å². The molecule has 1 aromatic heterocycles. The molecule has 0 bridgehead atoms. The minimum absolute atomic E-state index is 0.0668. The fraction of sp³-hybridized carbons (Fsp3) is 0.500. The van der Waals surface area contributed by atoms with Gasteiger partial charge in [0.05, 0.1) is 11.7 Å². The van der Waals surface area contributed by atoms with Crippen LogP contribution in [0.5, 0.6) is 5.75 Å². The molecule has 1 aliphatic heterocycles. The van der Waals surface area contributed by atoms with Crippen molar-refractivity contribution in [2.24, 2.45) is 11.8 Å². The fourth-order valence-electron chi connectivity index (χ4n) is 4.61. The number of rotatable bonds is 6. The van der Waals surface area contributed by atoms with Gasteiger partial charge in [0.25, 0.3) is 0 Å². The Morgan fingerprint density at radius 3 is 2.37 bits per heavy atom. The summed E-state index contributed by atoms with van der Waals surface area (Å²) in [6, 6.07) is 6.85. The van der Waals surface area contributed by atoms with E-state index in [1.54, 1.807) is 18.2 Å². The highest BCUT2D eigenvalue weighted by Crippen LogP contribution is 2.38. The van der Waals surface area contributed by atoms with Gasteiger partial charge < -0.3 is 19.8 Å². The van der Waals surface area contributed by atoms with Crippen LogP contribution in [0.2, 0.25) is 0 Å². The smallest absolute Gasteiger partial charge is 0.416 e. The number of likely N-dealkylation sites (tertiary alicyclic amines) is 1. The first-order valence-electron chi connectivity index (χ1n) is 10.1. The number of aliphatic hydroxyl groups excluding tert-OH is 2. The number of β-amino-alcohol motifs (C(OH)–C–C–N with tert-alkyl or cyclic N) is 1. The lowest BCUT2D eigenvalue weighted by atomic mass is 10.0. The second-order valence-electron chi connectivity index (χ2n) is 8.31. The summed E-state index contributed by atoms with van der Waals surface area (Å²) in [5.41, 5.74) is 0.183. The fourth-order valence-corrected chi connectivity index (χ4v) is 4.61. The third kappa shape index (κ3) is 4.94. The lowest BCUT2D eigenvalue weighted by Gasteiger charge is -2.22. The molecule has 8 heteroatoms. The van der Waals surface area contributed by atoms with Crippen LogP contribution < -0.4 is 4.74 Å². The molecule has 2 aliphatic rings. The van der Waals surface area contributed by atoms with E-state index in [2.05, 4.69) is 9.88 Å². The molecule has 1 aliphatic carbocycles. The lowest BCUT2D eigenvalue weighted by molar-refractivity contribution is -0.137. The summed E-state index contributed by atoms with van der Waals surface area (Å²) in [5, 5.41) is 20.1. The molecule has 0 spiro atoms. The molecular formula is C22H25F3N2O3. The highest BCUT2D eigenvalue weighted by atomic mass is 19.4. The highest BCUT2D eigenvalue weighted by molar-refractivity contribution is 5.66. The van der Waals surface area contributed by atoms with Crippen LogP contribution in [0.1, 0.15) is 18.4 Å². The molecule has 0 radical (unpaired) electrons. The van der Waals surface area contributed by atoms with Crippen LogP contribution in [0.3, 0.4) is 0 Å². The van der Waals surface area contributed by atoms with Gasteiger partial charge in [0.1, 0.15) is 18.5 Å². The second kappa shape index (κ2) is 8.53. The van der Waals surface area contributed by atoms with Gasteiger partial charge in [-0.3, -0.25) is 4.98 Å². The Kier molecular flexibility index (Phi) is 5.99. The molecular weight excluding hydrogens is 397 g/mol. The zero-order chi connectivity index (χ0) is 21.3. The normalized spacial score (nSPS) is 25.3. The maximum Gasteiger partial charge on any atom is 0.416 e. The molecule has 1 saturated heterocycles. The molecule has 162 valence electrons. The van der Waals surface area contributed by atoms with Crippen molar-refractivity contribution < 1.29 is 28.1 Å². The van der Waals surface area contributed by atoms with E-state index in [0.29, 0.717) is 29.5 Å². The standard InChI is InChI=1S/C22H25F3N2O3/c23-22(24,25)18-5-15(14-1-3-26-4-2-14)8-21(9-18)30-13-20(29)12-27-10-16-6-19(28)7-17(16)11-27/h1-5,8-9,16-17,19-20,28-29H,6-7,10-13H2/t16-,17+,19?,20?. The average Bonchev–Trinajstić information content (AvgIpc) is 3.22. The summed E-state index contributed by atoms with van der Waals surface area (Å²) in [5.74, 6) is 0.983. The maximum absolute atomic E-state index is 13.3. The molecule has 2 unspecified atom stereocenters. The Balaban J connectivity index is 1.40. The third-order valence-corrected chi connectivity index (χ3v) is 5.96. The molecule has 30 heavy (non-hydrogen) atoms. The van der Waals surface area contributed by atoms with E-state index < -0.39 is 17.8 Å². The first kappa shape index (κ1) is 21.1. The molecule has 2 fully saturated rings. The molecule has 2 heterocycles. The molecule has 1 aromatic carbocycles. The number of fused-ring (bicyclic) bond motifs is 1. The van der Waals surface area contributed by atoms with E-state index in [-0.39, 0.29) is 18.5 Å². The summed E-state index contributed by atoms with van der Waals surface area (Å²) >= 11 is 0. The zero-order valence-corrected chi connectivity index (χ0v) is 16.4. The molecule has 5 nitrogen and oxygen atoms in total. The van der Waals surface area contributed by atoms with Crippen molar-refractivity contribution in [3.05, 3.63) is 48.3 Å². The van der Waals surface area contributed by atoms with Gasteiger partial charge in [-0.15, -0.1) is 0 Å². The van der Waals surface area contributed by atoms with Gasteiger partial charge in [-0.1, -0.05) is 0 Å². The number of benzene rings is 1. The van der Waals surface area contributed by atoms with Crippen LogP contribution in [0, 0.1) is 11.8 Å². The first-order chi connectivity index (χ1) is 14.3. The third-order valence-electron chi connectivity index (χ3n) is 5.96. The van der Waals surface area contributed by atoms with Crippen molar-refractivity contribution in [1.29, 1.82) is 0 Å².